The average molecular weight is 259 g/mol. The fourth-order valence-electron chi connectivity index (χ4n) is 1.48. The second-order valence-corrected chi connectivity index (χ2v) is 3.81. The summed E-state index contributed by atoms with van der Waals surface area (Å²) in [6.07, 6.45) is 6.85. The Bertz CT molecular complexity index is 407. The van der Waals surface area contributed by atoms with Gasteiger partial charge in [0.25, 0.3) is 0 Å². The summed E-state index contributed by atoms with van der Waals surface area (Å²) in [4.78, 5) is 7.85. The first kappa shape index (κ1) is 13.3. The zero-order valence-electron chi connectivity index (χ0n) is 10.7. The van der Waals surface area contributed by atoms with Gasteiger partial charge < -0.3 is 14.8 Å². The number of aromatic nitrogens is 2. The van der Waals surface area contributed by atoms with E-state index in [0.29, 0.717) is 13.2 Å². The van der Waals surface area contributed by atoms with Gasteiger partial charge in [0, 0.05) is 37.9 Å². The number of hydrogen-bond acceptors (Lipinski definition) is 5. The maximum absolute atomic E-state index is 5.52. The number of nitrogens with zero attached hydrogens (tertiary/aromatic N) is 2. The van der Waals surface area contributed by atoms with Crippen molar-refractivity contribution in [1.29, 1.82) is 0 Å². The molecule has 2 aromatic heterocycles. The van der Waals surface area contributed by atoms with E-state index in [0.717, 1.165) is 24.6 Å². The van der Waals surface area contributed by atoms with Crippen LogP contribution in [0.4, 0.5) is 0 Å². The second-order valence-electron chi connectivity index (χ2n) is 3.81. The Balaban J connectivity index is 1.49. The van der Waals surface area contributed by atoms with Crippen LogP contribution in [0.3, 0.4) is 0 Å². The highest BCUT2D eigenvalue weighted by atomic mass is 16.5. The molecule has 0 aliphatic carbocycles. The normalized spacial score (nSPS) is 10.1. The van der Waals surface area contributed by atoms with Gasteiger partial charge in [-0.25, -0.2) is 0 Å². The Hall–Kier alpha value is -2.14. The summed E-state index contributed by atoms with van der Waals surface area (Å²) in [6, 6.07) is 7.36. The van der Waals surface area contributed by atoms with Gasteiger partial charge in [-0.05, 0) is 24.3 Å². The molecule has 2 rings (SSSR count). The molecule has 0 bridgehead atoms. The Labute approximate surface area is 112 Å². The first-order chi connectivity index (χ1) is 9.45. The van der Waals surface area contributed by atoms with Crippen LogP contribution in [0.5, 0.6) is 11.5 Å². The van der Waals surface area contributed by atoms with Gasteiger partial charge in [-0.1, -0.05) is 0 Å². The number of ether oxygens (including phenoxy) is 2. The third-order valence-electron chi connectivity index (χ3n) is 2.39. The summed E-state index contributed by atoms with van der Waals surface area (Å²) in [5.74, 6) is 1.68. The van der Waals surface area contributed by atoms with E-state index in [2.05, 4.69) is 15.3 Å². The van der Waals surface area contributed by atoms with E-state index in [1.807, 2.05) is 24.3 Å². The molecular formula is C14H17N3O2. The molecule has 0 atom stereocenters. The molecule has 0 unspecified atom stereocenters. The van der Waals surface area contributed by atoms with Gasteiger partial charge in [-0.2, -0.15) is 0 Å². The van der Waals surface area contributed by atoms with Crippen molar-refractivity contribution in [2.45, 2.75) is 0 Å². The van der Waals surface area contributed by atoms with Crippen LogP contribution in [0.25, 0.3) is 0 Å². The predicted molar refractivity (Wildman–Crippen MR) is 72.3 cm³/mol. The number of pyridine rings is 2. The van der Waals surface area contributed by atoms with Crippen molar-refractivity contribution in [1.82, 2.24) is 15.3 Å². The molecule has 0 amide bonds. The first-order valence-electron chi connectivity index (χ1n) is 6.21. The van der Waals surface area contributed by atoms with Crippen molar-refractivity contribution in [2.24, 2.45) is 0 Å². The molecule has 0 fully saturated rings. The van der Waals surface area contributed by atoms with Gasteiger partial charge in [-0.15, -0.1) is 0 Å². The molecule has 0 spiro atoms. The lowest BCUT2D eigenvalue weighted by Gasteiger charge is -2.08. The third kappa shape index (κ3) is 5.35. The van der Waals surface area contributed by atoms with Crippen molar-refractivity contribution >= 4 is 0 Å². The van der Waals surface area contributed by atoms with E-state index in [4.69, 9.17) is 9.47 Å². The third-order valence-corrected chi connectivity index (χ3v) is 2.39. The zero-order chi connectivity index (χ0) is 13.2. The minimum atomic E-state index is 0.624. The predicted octanol–water partition coefficient (Wildman–Crippen LogP) is 1.52. The standard InChI is InChI=1S/C14H17N3O2/c1-5-15-6-2-13(1)18-11-9-17-10-12-19-14-3-7-16-8-4-14/h1-8,17H,9-12H2. The molecular weight excluding hydrogens is 242 g/mol. The number of hydrogen-bond donors (Lipinski definition) is 1. The highest BCUT2D eigenvalue weighted by molar-refractivity contribution is 5.17. The molecule has 0 aliphatic rings. The smallest absolute Gasteiger partial charge is 0.122 e. The Morgan fingerprint density at radius 2 is 1.16 bits per heavy atom. The molecule has 2 aromatic rings. The van der Waals surface area contributed by atoms with E-state index < -0.39 is 0 Å². The lowest BCUT2D eigenvalue weighted by molar-refractivity contribution is 0.288. The lowest BCUT2D eigenvalue weighted by Crippen LogP contribution is -2.25. The molecule has 0 radical (unpaired) electrons. The first-order valence-corrected chi connectivity index (χ1v) is 6.21. The molecule has 5 nitrogen and oxygen atoms in total. The minimum Gasteiger partial charge on any atom is -0.492 e. The monoisotopic (exact) mass is 259 g/mol. The summed E-state index contributed by atoms with van der Waals surface area (Å²) in [5.41, 5.74) is 0. The molecule has 1 N–H and O–H groups in total. The van der Waals surface area contributed by atoms with Crippen molar-refractivity contribution in [3.63, 3.8) is 0 Å². The fourth-order valence-corrected chi connectivity index (χ4v) is 1.48. The molecule has 19 heavy (non-hydrogen) atoms. The van der Waals surface area contributed by atoms with E-state index in [1.54, 1.807) is 24.8 Å². The van der Waals surface area contributed by atoms with Crippen LogP contribution >= 0.6 is 0 Å². The van der Waals surface area contributed by atoms with Crippen LogP contribution in [0, 0.1) is 0 Å². The lowest BCUT2D eigenvalue weighted by atomic mass is 10.4. The molecule has 0 aliphatic heterocycles. The molecule has 2 heterocycles. The maximum Gasteiger partial charge on any atom is 0.122 e. The van der Waals surface area contributed by atoms with Crippen LogP contribution in [0.2, 0.25) is 0 Å². The van der Waals surface area contributed by atoms with Gasteiger partial charge in [0.15, 0.2) is 0 Å². The summed E-state index contributed by atoms with van der Waals surface area (Å²) >= 11 is 0. The van der Waals surface area contributed by atoms with Gasteiger partial charge in [0.05, 0.1) is 0 Å². The highest BCUT2D eigenvalue weighted by Gasteiger charge is 1.93. The highest BCUT2D eigenvalue weighted by Crippen LogP contribution is 2.06. The Kier molecular flexibility index (Phi) is 5.63. The Morgan fingerprint density at radius 3 is 1.58 bits per heavy atom. The van der Waals surface area contributed by atoms with Gasteiger partial charge in [-0.3, -0.25) is 9.97 Å². The van der Waals surface area contributed by atoms with E-state index in [9.17, 15) is 0 Å². The minimum absolute atomic E-state index is 0.624. The Morgan fingerprint density at radius 1 is 0.737 bits per heavy atom. The van der Waals surface area contributed by atoms with Crippen LogP contribution < -0.4 is 14.8 Å². The number of rotatable bonds is 8. The average Bonchev–Trinajstić information content (AvgIpc) is 2.48. The van der Waals surface area contributed by atoms with Gasteiger partial charge >= 0.3 is 0 Å². The van der Waals surface area contributed by atoms with Crippen molar-refractivity contribution < 1.29 is 9.47 Å². The quantitative estimate of drug-likeness (QED) is 0.728. The molecule has 0 saturated heterocycles. The SMILES string of the molecule is c1cc(OCCNCCOc2ccncc2)ccn1. The zero-order valence-corrected chi connectivity index (χ0v) is 10.7. The summed E-state index contributed by atoms with van der Waals surface area (Å²) < 4.78 is 11.0. The van der Waals surface area contributed by atoms with Crippen LogP contribution in [0.15, 0.2) is 49.1 Å². The summed E-state index contributed by atoms with van der Waals surface area (Å²) in [6.45, 7) is 2.81. The summed E-state index contributed by atoms with van der Waals surface area (Å²) in [5, 5.41) is 3.24. The van der Waals surface area contributed by atoms with E-state index in [-0.39, 0.29) is 0 Å². The van der Waals surface area contributed by atoms with Crippen LogP contribution in [-0.4, -0.2) is 36.3 Å². The van der Waals surface area contributed by atoms with E-state index >= 15 is 0 Å². The molecule has 0 aromatic carbocycles. The van der Waals surface area contributed by atoms with Crippen molar-refractivity contribution in [3.8, 4) is 11.5 Å². The molecule has 5 heteroatoms. The van der Waals surface area contributed by atoms with Gasteiger partial charge in [0.1, 0.15) is 24.7 Å². The maximum atomic E-state index is 5.52. The van der Waals surface area contributed by atoms with Crippen molar-refractivity contribution in [3.05, 3.63) is 49.1 Å². The summed E-state index contributed by atoms with van der Waals surface area (Å²) in [7, 11) is 0. The molecule has 0 saturated carbocycles. The van der Waals surface area contributed by atoms with E-state index in [1.165, 1.54) is 0 Å². The van der Waals surface area contributed by atoms with Crippen LogP contribution in [-0.2, 0) is 0 Å². The van der Waals surface area contributed by atoms with Crippen LogP contribution in [0.1, 0.15) is 0 Å². The largest absolute Gasteiger partial charge is 0.492 e. The van der Waals surface area contributed by atoms with Gasteiger partial charge in [0.2, 0.25) is 0 Å². The fraction of sp³-hybridized carbons (Fsp3) is 0.286. The molecule has 100 valence electrons. The second kappa shape index (κ2) is 8.05. The number of nitrogens with one attached hydrogen (secondary N) is 1. The topological polar surface area (TPSA) is 56.3 Å². The van der Waals surface area contributed by atoms with Crippen molar-refractivity contribution in [2.75, 3.05) is 26.3 Å².